The third-order valence-corrected chi connectivity index (χ3v) is 4.72. The van der Waals surface area contributed by atoms with E-state index in [1.807, 2.05) is 0 Å². The van der Waals surface area contributed by atoms with E-state index in [0.29, 0.717) is 5.23 Å². The van der Waals surface area contributed by atoms with Crippen LogP contribution in [0.2, 0.25) is 0 Å². The van der Waals surface area contributed by atoms with Crippen molar-refractivity contribution in [2.24, 2.45) is 0 Å². The summed E-state index contributed by atoms with van der Waals surface area (Å²) >= 11 is 0. The Kier molecular flexibility index (Phi) is 1.65. The van der Waals surface area contributed by atoms with Gasteiger partial charge in [0, 0.05) is 0 Å². The van der Waals surface area contributed by atoms with E-state index in [4.69, 9.17) is 33.8 Å². The van der Waals surface area contributed by atoms with Crippen molar-refractivity contribution in [3.63, 3.8) is 0 Å². The fourth-order valence-electron chi connectivity index (χ4n) is 1.90. The molecule has 1 fully saturated rings. The number of fused-ring (bicyclic) bond motifs is 2. The fourth-order valence-corrected chi connectivity index (χ4v) is 3.72. The van der Waals surface area contributed by atoms with E-state index in [-0.39, 0.29) is 34.4 Å². The van der Waals surface area contributed by atoms with Crippen molar-refractivity contribution in [1.29, 1.82) is 0 Å². The lowest BCUT2D eigenvalue weighted by Crippen LogP contribution is -2.35. The maximum Gasteiger partial charge on any atom is 0.625 e. The Morgan fingerprint density at radius 3 is 2.30 bits per heavy atom. The third-order valence-electron chi connectivity index (χ3n) is 2.69. The molecule has 1 saturated heterocycles. The van der Waals surface area contributed by atoms with Crippen molar-refractivity contribution < 1.29 is 46.6 Å². The second-order valence-electron chi connectivity index (χ2n) is 3.89. The summed E-state index contributed by atoms with van der Waals surface area (Å²) in [4.78, 5) is 9.61. The van der Waals surface area contributed by atoms with Gasteiger partial charge in [-0.3, -0.25) is 0 Å². The maximum atomic E-state index is 12.1. The van der Waals surface area contributed by atoms with Gasteiger partial charge in [0.05, 0.1) is 0 Å². The molecule has 0 aliphatic carbocycles. The predicted octanol–water partition coefficient (Wildman–Crippen LogP) is 1.59. The first kappa shape index (κ1) is 11.0. The summed E-state index contributed by atoms with van der Waals surface area (Å²) in [6.45, 7) is 0. The van der Waals surface area contributed by atoms with Crippen LogP contribution in [0, 0.1) is 0 Å². The molecule has 2 N–H and O–H groups in total. The molecule has 7 aliphatic heterocycles. The largest absolute Gasteiger partial charge is 0.625 e. The normalized spacial score (nSPS) is 29.9. The number of nitrogens with zero attached hydrogens (tertiary/aromatic N) is 1. The van der Waals surface area contributed by atoms with Crippen LogP contribution in [-0.4, -0.2) is 0 Å². The standard InChI is InChI=1S/C6H2N2O10P2/c7-1-3-6-2(8-15-20(10,16-8)18-11-3)5-4(1)13-19(9,14-6)17-12-5/h7H2. The minimum Gasteiger partial charge on any atom is -0.392 e. The van der Waals surface area contributed by atoms with E-state index >= 15 is 0 Å². The van der Waals surface area contributed by atoms with Gasteiger partial charge in [0.2, 0.25) is 23.0 Å². The van der Waals surface area contributed by atoms with Gasteiger partial charge < -0.3 is 24.6 Å². The Morgan fingerprint density at radius 2 is 1.50 bits per heavy atom. The zero-order valence-corrected chi connectivity index (χ0v) is 10.8. The van der Waals surface area contributed by atoms with Gasteiger partial charge in [-0.05, 0) is 0 Å². The predicted molar refractivity (Wildman–Crippen MR) is 55.4 cm³/mol. The zero-order valence-electron chi connectivity index (χ0n) is 9.00. The lowest BCUT2D eigenvalue weighted by molar-refractivity contribution is -0.188. The lowest BCUT2D eigenvalue weighted by Gasteiger charge is -2.36. The summed E-state index contributed by atoms with van der Waals surface area (Å²) in [5.74, 6) is -0.708. The van der Waals surface area contributed by atoms with Crippen molar-refractivity contribution in [3.05, 3.63) is 0 Å². The number of nitrogen functional groups attached to an aromatic ring is 1. The van der Waals surface area contributed by atoms with E-state index in [0.717, 1.165) is 0 Å². The summed E-state index contributed by atoms with van der Waals surface area (Å²) in [6.07, 6.45) is 0. The van der Waals surface area contributed by atoms with Gasteiger partial charge in [0.1, 0.15) is 5.69 Å². The molecule has 7 aliphatic rings. The second kappa shape index (κ2) is 2.98. The van der Waals surface area contributed by atoms with Gasteiger partial charge >= 0.3 is 15.6 Å². The topological polar surface area (TPSA) is 137 Å². The number of benzene rings is 1. The minimum atomic E-state index is -4.07. The molecule has 14 heteroatoms. The van der Waals surface area contributed by atoms with Gasteiger partial charge in [-0.1, -0.05) is 14.6 Å². The molecule has 8 rings (SSSR count). The summed E-state index contributed by atoms with van der Waals surface area (Å²) in [5.41, 5.74) is 5.58. The summed E-state index contributed by atoms with van der Waals surface area (Å²) in [5, 5.41) is 0.675. The van der Waals surface area contributed by atoms with Crippen LogP contribution in [0.3, 0.4) is 0 Å². The summed E-state index contributed by atoms with van der Waals surface area (Å²) in [6, 6.07) is 0. The highest BCUT2D eigenvalue weighted by Gasteiger charge is 2.58. The molecular weight excluding hydrogens is 322 g/mol. The van der Waals surface area contributed by atoms with Gasteiger partial charge in [0.25, 0.3) is 0 Å². The number of anilines is 2. The van der Waals surface area contributed by atoms with Crippen LogP contribution in [0.5, 0.6) is 23.0 Å². The van der Waals surface area contributed by atoms with Crippen LogP contribution in [0.4, 0.5) is 11.4 Å². The molecule has 0 spiro atoms. The van der Waals surface area contributed by atoms with Crippen molar-refractivity contribution >= 4 is 27.0 Å². The molecule has 0 saturated carbocycles. The maximum absolute atomic E-state index is 12.1. The van der Waals surface area contributed by atoms with Crippen LogP contribution in [0.15, 0.2) is 0 Å². The first-order chi connectivity index (χ1) is 9.48. The molecule has 20 heavy (non-hydrogen) atoms. The first-order valence-electron chi connectivity index (χ1n) is 4.99. The molecule has 12 nitrogen and oxygen atoms in total. The molecule has 1 aromatic rings. The second-order valence-corrected chi connectivity index (χ2v) is 6.67. The number of hydrogen-bond acceptors (Lipinski definition) is 12. The van der Waals surface area contributed by atoms with Crippen LogP contribution < -0.4 is 29.8 Å². The summed E-state index contributed by atoms with van der Waals surface area (Å²) in [7, 11) is -7.95. The highest BCUT2D eigenvalue weighted by molar-refractivity contribution is 7.50. The van der Waals surface area contributed by atoms with E-state index in [1.165, 1.54) is 0 Å². The number of hydrogen-bond donors (Lipinski definition) is 1. The zero-order chi connectivity index (χ0) is 13.7. The molecule has 0 radical (unpaired) electrons. The lowest BCUT2D eigenvalue weighted by atomic mass is 10.2. The van der Waals surface area contributed by atoms with Crippen molar-refractivity contribution in [2.75, 3.05) is 11.0 Å². The highest BCUT2D eigenvalue weighted by atomic mass is 31.2. The van der Waals surface area contributed by atoms with E-state index in [2.05, 4.69) is 9.35 Å². The molecule has 106 valence electrons. The van der Waals surface area contributed by atoms with Crippen LogP contribution in [-0.2, 0) is 27.7 Å². The number of nitrogens with two attached hydrogens (primary N) is 1. The quantitative estimate of drug-likeness (QED) is 0.421. The van der Waals surface area contributed by atoms with Crippen LogP contribution in [0.25, 0.3) is 0 Å². The smallest absolute Gasteiger partial charge is 0.392 e. The van der Waals surface area contributed by atoms with E-state index < -0.39 is 15.6 Å². The van der Waals surface area contributed by atoms with Crippen LogP contribution in [0.1, 0.15) is 0 Å². The molecule has 1 atom stereocenters. The Hall–Kier alpha value is -1.68. The van der Waals surface area contributed by atoms with Crippen molar-refractivity contribution in [1.82, 2.24) is 0 Å². The Bertz CT molecular complexity index is 768. The van der Waals surface area contributed by atoms with Gasteiger partial charge in [-0.25, -0.2) is 9.13 Å². The first-order valence-corrected chi connectivity index (χ1v) is 7.91. The third kappa shape index (κ3) is 1.13. The average Bonchev–Trinajstić information content (AvgIpc) is 2.59. The van der Waals surface area contributed by atoms with Crippen molar-refractivity contribution in [2.45, 2.75) is 0 Å². The van der Waals surface area contributed by atoms with E-state index in [1.54, 1.807) is 0 Å². The molecular formula is C6H2N2O10P2. The molecule has 1 unspecified atom stereocenters. The van der Waals surface area contributed by atoms with Gasteiger partial charge in [-0.2, -0.15) is 0 Å². The summed E-state index contributed by atoms with van der Waals surface area (Å²) < 4.78 is 52.4. The number of phosphoric acid groups is 2. The fraction of sp³-hybridized carbons (Fsp3) is 0. The molecule has 0 amide bonds. The van der Waals surface area contributed by atoms with Crippen molar-refractivity contribution in [3.8, 4) is 23.0 Å². The van der Waals surface area contributed by atoms with E-state index in [9.17, 15) is 9.13 Å². The molecule has 1 aromatic carbocycles. The molecule has 0 aromatic heterocycles. The minimum absolute atomic E-state index is 0.0609. The number of phosphoric ester groups is 1. The van der Waals surface area contributed by atoms with Crippen LogP contribution >= 0.6 is 15.6 Å². The van der Waals surface area contributed by atoms with Gasteiger partial charge in [0.15, 0.2) is 5.69 Å². The SMILES string of the molecule is Nc1c2c3c4c(c1OOP1(=O)ON4O1)OP(=O)(OO3)O2. The molecule has 8 bridgehead atoms. The molecule has 7 heterocycles. The monoisotopic (exact) mass is 324 g/mol. The van der Waals surface area contributed by atoms with Gasteiger partial charge in [-0.15, -0.1) is 9.25 Å². The Labute approximate surface area is 108 Å². The number of rotatable bonds is 0. The Morgan fingerprint density at radius 1 is 0.850 bits per heavy atom. The average molecular weight is 324 g/mol. The Balaban J connectivity index is 1.87. The highest BCUT2D eigenvalue weighted by Crippen LogP contribution is 2.74.